The average molecular weight is 299 g/mol. The first-order chi connectivity index (χ1) is 10.3. The zero-order valence-electron chi connectivity index (χ0n) is 11.7. The Bertz CT molecular complexity index is 624. The predicted molar refractivity (Wildman–Crippen MR) is 82.5 cm³/mol. The monoisotopic (exact) mass is 299 g/mol. The Hall–Kier alpha value is -1.81. The van der Waals surface area contributed by atoms with Crippen molar-refractivity contribution in [1.82, 2.24) is 4.90 Å². The molecule has 21 heavy (non-hydrogen) atoms. The molecule has 1 aromatic heterocycles. The van der Waals surface area contributed by atoms with Gasteiger partial charge in [-0.2, -0.15) is 0 Å². The highest BCUT2D eigenvalue weighted by molar-refractivity contribution is 7.09. The highest BCUT2D eigenvalue weighted by atomic mass is 32.1. The number of hydrogen-bond donors (Lipinski definition) is 0. The van der Waals surface area contributed by atoms with Crippen LogP contribution in [0.1, 0.15) is 23.3 Å². The second-order valence-electron chi connectivity index (χ2n) is 5.70. The van der Waals surface area contributed by atoms with Crippen LogP contribution in [-0.4, -0.2) is 23.0 Å². The van der Waals surface area contributed by atoms with Crippen LogP contribution in [0.5, 0.6) is 5.75 Å². The van der Waals surface area contributed by atoms with Gasteiger partial charge < -0.3 is 9.64 Å². The standard InChI is InChI=1S/C17H17NO2S/c19-17(16-10-12-4-1-2-6-15(12)20-16)18(13-7-8-13)11-14-5-3-9-21-14/h1-6,9,13,16H,7-8,10-11H2/t16-/m0/s1. The van der Waals surface area contributed by atoms with Gasteiger partial charge >= 0.3 is 0 Å². The molecular weight excluding hydrogens is 282 g/mol. The van der Waals surface area contributed by atoms with Gasteiger partial charge in [0.15, 0.2) is 6.10 Å². The first kappa shape index (κ1) is 12.9. The molecule has 1 saturated carbocycles. The summed E-state index contributed by atoms with van der Waals surface area (Å²) in [5.74, 6) is 1.00. The molecule has 1 amide bonds. The lowest BCUT2D eigenvalue weighted by atomic mass is 10.1. The molecule has 1 atom stereocenters. The molecule has 108 valence electrons. The third kappa shape index (κ3) is 2.56. The zero-order valence-corrected chi connectivity index (χ0v) is 12.5. The number of benzene rings is 1. The summed E-state index contributed by atoms with van der Waals surface area (Å²) in [5, 5.41) is 2.06. The third-order valence-electron chi connectivity index (χ3n) is 4.10. The lowest BCUT2D eigenvalue weighted by Gasteiger charge is -2.24. The summed E-state index contributed by atoms with van der Waals surface area (Å²) in [7, 11) is 0. The minimum atomic E-state index is -0.344. The smallest absolute Gasteiger partial charge is 0.264 e. The Balaban J connectivity index is 1.50. The van der Waals surface area contributed by atoms with E-state index in [1.165, 1.54) is 4.88 Å². The van der Waals surface area contributed by atoms with Crippen LogP contribution in [0, 0.1) is 0 Å². The Morgan fingerprint density at radius 1 is 1.24 bits per heavy atom. The van der Waals surface area contributed by atoms with Crippen LogP contribution in [0.3, 0.4) is 0 Å². The molecule has 0 bridgehead atoms. The van der Waals surface area contributed by atoms with Crippen molar-refractivity contribution in [2.45, 2.75) is 38.0 Å². The number of hydrogen-bond acceptors (Lipinski definition) is 3. The number of fused-ring (bicyclic) bond motifs is 1. The van der Waals surface area contributed by atoms with E-state index in [1.807, 2.05) is 35.2 Å². The molecule has 2 aliphatic rings. The van der Waals surface area contributed by atoms with Crippen LogP contribution in [-0.2, 0) is 17.8 Å². The topological polar surface area (TPSA) is 29.5 Å². The van der Waals surface area contributed by atoms with Gasteiger partial charge in [-0.3, -0.25) is 4.79 Å². The van der Waals surface area contributed by atoms with E-state index in [1.54, 1.807) is 11.3 Å². The summed E-state index contributed by atoms with van der Waals surface area (Å²) in [5.41, 5.74) is 1.14. The van der Waals surface area contributed by atoms with Crippen LogP contribution in [0.4, 0.5) is 0 Å². The van der Waals surface area contributed by atoms with Crippen molar-refractivity contribution in [3.8, 4) is 5.75 Å². The van der Waals surface area contributed by atoms with Crippen molar-refractivity contribution >= 4 is 17.2 Å². The van der Waals surface area contributed by atoms with Crippen molar-refractivity contribution in [2.75, 3.05) is 0 Å². The Morgan fingerprint density at radius 2 is 2.10 bits per heavy atom. The molecule has 1 aromatic carbocycles. The van der Waals surface area contributed by atoms with Crippen LogP contribution in [0.15, 0.2) is 41.8 Å². The molecule has 0 saturated heterocycles. The maximum atomic E-state index is 12.8. The normalized spacial score (nSPS) is 19.9. The van der Waals surface area contributed by atoms with Crippen molar-refractivity contribution < 1.29 is 9.53 Å². The van der Waals surface area contributed by atoms with Gasteiger partial charge in [0.2, 0.25) is 0 Å². The van der Waals surface area contributed by atoms with E-state index in [4.69, 9.17) is 4.74 Å². The molecular formula is C17H17NO2S. The quantitative estimate of drug-likeness (QED) is 0.867. The van der Waals surface area contributed by atoms with Gasteiger partial charge in [0, 0.05) is 17.3 Å². The first-order valence-electron chi connectivity index (χ1n) is 7.39. The van der Waals surface area contributed by atoms with Crippen LogP contribution < -0.4 is 4.74 Å². The maximum absolute atomic E-state index is 12.8. The number of thiophene rings is 1. The highest BCUT2D eigenvalue weighted by Crippen LogP contribution is 2.33. The van der Waals surface area contributed by atoms with Crippen LogP contribution in [0.25, 0.3) is 0 Å². The fourth-order valence-electron chi connectivity index (χ4n) is 2.85. The number of para-hydroxylation sites is 1. The summed E-state index contributed by atoms with van der Waals surface area (Å²) in [6.07, 6.45) is 2.60. The van der Waals surface area contributed by atoms with Crippen molar-refractivity contribution in [2.24, 2.45) is 0 Å². The van der Waals surface area contributed by atoms with E-state index in [0.29, 0.717) is 12.5 Å². The van der Waals surface area contributed by atoms with Gasteiger partial charge in [-0.05, 0) is 35.9 Å². The molecule has 2 heterocycles. The minimum Gasteiger partial charge on any atom is -0.480 e. The number of nitrogens with zero attached hydrogens (tertiary/aromatic N) is 1. The van der Waals surface area contributed by atoms with Gasteiger partial charge in [0.1, 0.15) is 5.75 Å². The average Bonchev–Trinajstić information content (AvgIpc) is 3.04. The van der Waals surface area contributed by atoms with Gasteiger partial charge in [0.05, 0.1) is 6.54 Å². The molecule has 0 radical (unpaired) electrons. The second-order valence-corrected chi connectivity index (χ2v) is 6.73. The molecule has 0 N–H and O–H groups in total. The maximum Gasteiger partial charge on any atom is 0.264 e. The molecule has 1 fully saturated rings. The number of rotatable bonds is 4. The summed E-state index contributed by atoms with van der Waals surface area (Å²) < 4.78 is 5.86. The van der Waals surface area contributed by atoms with Crippen LogP contribution in [0.2, 0.25) is 0 Å². The molecule has 4 heteroatoms. The first-order valence-corrected chi connectivity index (χ1v) is 8.26. The molecule has 3 nitrogen and oxygen atoms in total. The largest absolute Gasteiger partial charge is 0.480 e. The van der Waals surface area contributed by atoms with Crippen molar-refractivity contribution in [3.05, 3.63) is 52.2 Å². The number of ether oxygens (including phenoxy) is 1. The zero-order chi connectivity index (χ0) is 14.2. The van der Waals surface area contributed by atoms with E-state index >= 15 is 0 Å². The van der Waals surface area contributed by atoms with Gasteiger partial charge in [0.25, 0.3) is 5.91 Å². The fourth-order valence-corrected chi connectivity index (χ4v) is 3.55. The minimum absolute atomic E-state index is 0.141. The summed E-state index contributed by atoms with van der Waals surface area (Å²) in [6.45, 7) is 0.720. The lowest BCUT2D eigenvalue weighted by Crippen LogP contribution is -2.42. The lowest BCUT2D eigenvalue weighted by molar-refractivity contribution is -0.139. The SMILES string of the molecule is O=C([C@@H]1Cc2ccccc2O1)N(Cc1cccs1)C1CC1. The van der Waals surface area contributed by atoms with E-state index in [9.17, 15) is 4.79 Å². The Morgan fingerprint density at radius 3 is 2.81 bits per heavy atom. The molecule has 4 rings (SSSR count). The third-order valence-corrected chi connectivity index (χ3v) is 4.96. The second kappa shape index (κ2) is 5.19. The number of carbonyl (C=O) groups excluding carboxylic acids is 1. The molecule has 0 spiro atoms. The van der Waals surface area contributed by atoms with E-state index in [2.05, 4.69) is 11.4 Å². The van der Waals surface area contributed by atoms with E-state index < -0.39 is 0 Å². The highest BCUT2D eigenvalue weighted by Gasteiger charge is 2.39. The Kier molecular flexibility index (Phi) is 3.19. The van der Waals surface area contributed by atoms with Crippen molar-refractivity contribution in [1.29, 1.82) is 0 Å². The van der Waals surface area contributed by atoms with E-state index in [-0.39, 0.29) is 12.0 Å². The molecule has 0 unspecified atom stereocenters. The molecule has 1 aliphatic carbocycles. The number of amides is 1. The van der Waals surface area contributed by atoms with Crippen molar-refractivity contribution in [3.63, 3.8) is 0 Å². The Labute approximate surface area is 128 Å². The molecule has 2 aromatic rings. The summed E-state index contributed by atoms with van der Waals surface area (Å²) in [4.78, 5) is 16.1. The molecule has 1 aliphatic heterocycles. The van der Waals surface area contributed by atoms with Gasteiger partial charge in [-0.25, -0.2) is 0 Å². The van der Waals surface area contributed by atoms with Crippen LogP contribution >= 0.6 is 11.3 Å². The summed E-state index contributed by atoms with van der Waals surface area (Å²) >= 11 is 1.71. The predicted octanol–water partition coefficient (Wildman–Crippen LogP) is 3.24. The van der Waals surface area contributed by atoms with Gasteiger partial charge in [-0.15, -0.1) is 11.3 Å². The number of carbonyl (C=O) groups is 1. The van der Waals surface area contributed by atoms with Gasteiger partial charge in [-0.1, -0.05) is 24.3 Å². The summed E-state index contributed by atoms with van der Waals surface area (Å²) in [6, 6.07) is 12.5. The fraction of sp³-hybridized carbons (Fsp3) is 0.353. The van der Waals surface area contributed by atoms with E-state index in [0.717, 1.165) is 30.7 Å².